The van der Waals surface area contributed by atoms with E-state index in [1.807, 2.05) is 17.0 Å². The van der Waals surface area contributed by atoms with Crippen LogP contribution in [-0.2, 0) is 6.42 Å². The Morgan fingerprint density at radius 3 is 2.88 bits per heavy atom. The molecular weight excluding hydrogens is 318 g/mol. The maximum absolute atomic E-state index is 12.8. The number of piperidine rings is 1. The van der Waals surface area contributed by atoms with Gasteiger partial charge in [0.15, 0.2) is 11.2 Å². The van der Waals surface area contributed by atoms with E-state index in [1.165, 1.54) is 12.1 Å². The van der Waals surface area contributed by atoms with Gasteiger partial charge in [0.2, 0.25) is 0 Å². The van der Waals surface area contributed by atoms with Crippen LogP contribution in [0, 0.1) is 6.92 Å². The van der Waals surface area contributed by atoms with Crippen LogP contribution in [0.15, 0.2) is 45.6 Å². The van der Waals surface area contributed by atoms with Gasteiger partial charge in [-0.15, -0.1) is 0 Å². The number of rotatable bonds is 4. The first-order valence-corrected chi connectivity index (χ1v) is 8.73. The van der Waals surface area contributed by atoms with Gasteiger partial charge in [-0.1, -0.05) is 12.1 Å². The van der Waals surface area contributed by atoms with Crippen LogP contribution in [0.4, 0.5) is 0 Å². The molecule has 2 heterocycles. The van der Waals surface area contributed by atoms with Gasteiger partial charge in [-0.2, -0.15) is 0 Å². The van der Waals surface area contributed by atoms with Gasteiger partial charge in [0, 0.05) is 24.7 Å². The van der Waals surface area contributed by atoms with Crippen molar-refractivity contribution in [2.45, 2.75) is 45.1 Å². The number of carbonyl (C=O) groups is 1. The number of phenols is 1. The Morgan fingerprint density at radius 1 is 1.28 bits per heavy atom. The third kappa shape index (κ3) is 4.29. The highest BCUT2D eigenvalue weighted by Crippen LogP contribution is 2.24. The minimum absolute atomic E-state index is 0.120. The quantitative estimate of drug-likeness (QED) is 0.926. The first kappa shape index (κ1) is 17.3. The summed E-state index contributed by atoms with van der Waals surface area (Å²) in [4.78, 5) is 26.3. The van der Waals surface area contributed by atoms with Gasteiger partial charge in [0.05, 0.1) is 0 Å². The molecule has 5 nitrogen and oxygen atoms in total. The normalized spacial score (nSPS) is 17.5. The first-order valence-electron chi connectivity index (χ1n) is 8.73. The monoisotopic (exact) mass is 341 g/mol. The Kier molecular flexibility index (Phi) is 5.22. The molecule has 2 aromatic rings. The highest BCUT2D eigenvalue weighted by molar-refractivity contribution is 5.91. The van der Waals surface area contributed by atoms with Crippen LogP contribution in [-0.4, -0.2) is 28.5 Å². The van der Waals surface area contributed by atoms with Crippen molar-refractivity contribution in [3.63, 3.8) is 0 Å². The molecule has 1 aromatic carbocycles. The largest absolute Gasteiger partial charge is 0.508 e. The molecule has 0 saturated carbocycles. The SMILES string of the molecule is Cc1cc(=O)cc(C(=O)N2CCCCC2CCc2cccc(O)c2)o1. The van der Waals surface area contributed by atoms with Crippen LogP contribution >= 0.6 is 0 Å². The van der Waals surface area contributed by atoms with E-state index in [2.05, 4.69) is 0 Å². The molecule has 25 heavy (non-hydrogen) atoms. The molecule has 0 radical (unpaired) electrons. The van der Waals surface area contributed by atoms with Crippen molar-refractivity contribution in [1.29, 1.82) is 0 Å². The van der Waals surface area contributed by atoms with Gasteiger partial charge in [-0.05, 0) is 56.7 Å². The smallest absolute Gasteiger partial charge is 0.289 e. The van der Waals surface area contributed by atoms with E-state index in [0.29, 0.717) is 12.3 Å². The Balaban J connectivity index is 1.73. The fraction of sp³-hybridized carbons (Fsp3) is 0.400. The van der Waals surface area contributed by atoms with E-state index < -0.39 is 0 Å². The summed E-state index contributed by atoms with van der Waals surface area (Å²) in [6, 6.07) is 10.00. The second kappa shape index (κ2) is 7.55. The molecule has 0 bridgehead atoms. The van der Waals surface area contributed by atoms with Crippen LogP contribution in [0.5, 0.6) is 5.75 Å². The minimum atomic E-state index is -0.208. The van der Waals surface area contributed by atoms with E-state index in [-0.39, 0.29) is 28.9 Å². The average molecular weight is 341 g/mol. The number of likely N-dealkylation sites (tertiary alicyclic amines) is 1. The van der Waals surface area contributed by atoms with Crippen LogP contribution < -0.4 is 5.43 Å². The fourth-order valence-electron chi connectivity index (χ4n) is 3.46. The maximum atomic E-state index is 12.8. The first-order chi connectivity index (χ1) is 12.0. The molecule has 1 unspecified atom stereocenters. The van der Waals surface area contributed by atoms with Crippen molar-refractivity contribution in [1.82, 2.24) is 4.90 Å². The van der Waals surface area contributed by atoms with Gasteiger partial charge >= 0.3 is 0 Å². The van der Waals surface area contributed by atoms with Crippen molar-refractivity contribution < 1.29 is 14.3 Å². The van der Waals surface area contributed by atoms with E-state index in [0.717, 1.165) is 37.7 Å². The van der Waals surface area contributed by atoms with Crippen molar-refractivity contribution in [2.75, 3.05) is 6.54 Å². The standard InChI is InChI=1S/C20H23NO4/c1-14-11-18(23)13-19(25-14)20(24)21-10-3-2-6-16(21)9-8-15-5-4-7-17(22)12-15/h4-5,7,11-13,16,22H,2-3,6,8-10H2,1H3. The van der Waals surface area contributed by atoms with Crippen LogP contribution in [0.25, 0.3) is 0 Å². The molecule has 0 aliphatic carbocycles. The lowest BCUT2D eigenvalue weighted by molar-refractivity contribution is 0.0565. The third-order valence-corrected chi connectivity index (χ3v) is 4.67. The zero-order valence-corrected chi connectivity index (χ0v) is 14.4. The molecule has 0 spiro atoms. The second-order valence-electron chi connectivity index (χ2n) is 6.62. The number of phenolic OH excluding ortho intramolecular Hbond substituents is 1. The number of amides is 1. The summed E-state index contributed by atoms with van der Waals surface area (Å²) in [5.41, 5.74) is 0.848. The molecule has 1 aliphatic heterocycles. The summed E-state index contributed by atoms with van der Waals surface area (Å²) in [6.45, 7) is 2.36. The maximum Gasteiger partial charge on any atom is 0.289 e. The summed E-state index contributed by atoms with van der Waals surface area (Å²) in [6.07, 6.45) is 4.61. The topological polar surface area (TPSA) is 70.8 Å². The number of aryl methyl sites for hydroxylation is 2. The van der Waals surface area contributed by atoms with Gasteiger partial charge in [-0.3, -0.25) is 9.59 Å². The molecule has 1 amide bonds. The Labute approximate surface area is 146 Å². The molecular formula is C20H23NO4. The summed E-state index contributed by atoms with van der Waals surface area (Å²) in [5.74, 6) is 0.621. The molecule has 1 fully saturated rings. The zero-order valence-electron chi connectivity index (χ0n) is 14.4. The number of benzene rings is 1. The van der Waals surface area contributed by atoms with Crippen LogP contribution in [0.3, 0.4) is 0 Å². The van der Waals surface area contributed by atoms with E-state index in [9.17, 15) is 14.7 Å². The van der Waals surface area contributed by atoms with Crippen molar-refractivity contribution >= 4 is 5.91 Å². The summed E-state index contributed by atoms with van der Waals surface area (Å²) in [5, 5.41) is 9.58. The lowest BCUT2D eigenvalue weighted by Gasteiger charge is -2.35. The lowest BCUT2D eigenvalue weighted by Crippen LogP contribution is -2.44. The van der Waals surface area contributed by atoms with Crippen molar-refractivity contribution in [2.24, 2.45) is 0 Å². The van der Waals surface area contributed by atoms with Crippen molar-refractivity contribution in [3.8, 4) is 5.75 Å². The number of hydrogen-bond donors (Lipinski definition) is 1. The highest BCUT2D eigenvalue weighted by Gasteiger charge is 2.28. The molecule has 1 N–H and O–H groups in total. The average Bonchev–Trinajstić information content (AvgIpc) is 2.59. The molecule has 1 atom stereocenters. The Morgan fingerprint density at radius 2 is 2.12 bits per heavy atom. The third-order valence-electron chi connectivity index (χ3n) is 4.67. The predicted octanol–water partition coefficient (Wildman–Crippen LogP) is 3.28. The van der Waals surface area contributed by atoms with Crippen LogP contribution in [0.1, 0.15) is 47.6 Å². The Bertz CT molecular complexity index is 811. The number of carbonyl (C=O) groups excluding carboxylic acids is 1. The van der Waals surface area contributed by atoms with Gasteiger partial charge in [0.25, 0.3) is 5.91 Å². The van der Waals surface area contributed by atoms with Gasteiger partial charge in [0.1, 0.15) is 11.5 Å². The number of nitrogens with zero attached hydrogens (tertiary/aromatic N) is 1. The molecule has 132 valence electrons. The zero-order chi connectivity index (χ0) is 17.8. The van der Waals surface area contributed by atoms with E-state index in [4.69, 9.17) is 4.42 Å². The summed E-state index contributed by atoms with van der Waals surface area (Å²) < 4.78 is 5.48. The van der Waals surface area contributed by atoms with Gasteiger partial charge < -0.3 is 14.4 Å². The molecule has 1 saturated heterocycles. The van der Waals surface area contributed by atoms with E-state index in [1.54, 1.807) is 19.1 Å². The summed E-state index contributed by atoms with van der Waals surface area (Å²) >= 11 is 0. The lowest BCUT2D eigenvalue weighted by atomic mass is 9.95. The molecule has 5 heteroatoms. The Hall–Kier alpha value is -2.56. The minimum Gasteiger partial charge on any atom is -0.508 e. The highest BCUT2D eigenvalue weighted by atomic mass is 16.3. The number of hydrogen-bond acceptors (Lipinski definition) is 4. The molecule has 3 rings (SSSR count). The fourth-order valence-corrected chi connectivity index (χ4v) is 3.46. The second-order valence-corrected chi connectivity index (χ2v) is 6.62. The van der Waals surface area contributed by atoms with E-state index >= 15 is 0 Å². The predicted molar refractivity (Wildman–Crippen MR) is 94.8 cm³/mol. The summed E-state index contributed by atoms with van der Waals surface area (Å²) in [7, 11) is 0. The van der Waals surface area contributed by atoms with Crippen molar-refractivity contribution in [3.05, 3.63) is 63.7 Å². The molecule has 1 aromatic heterocycles. The molecule has 1 aliphatic rings. The van der Waals surface area contributed by atoms with Gasteiger partial charge in [-0.25, -0.2) is 0 Å². The number of aromatic hydroxyl groups is 1. The van der Waals surface area contributed by atoms with Crippen LogP contribution in [0.2, 0.25) is 0 Å².